The first-order chi connectivity index (χ1) is 7.66. The molecule has 1 atom stereocenters. The van der Waals surface area contributed by atoms with Crippen LogP contribution in [0.1, 0.15) is 31.7 Å². The van der Waals surface area contributed by atoms with Gasteiger partial charge in [-0.15, -0.1) is 0 Å². The second kappa shape index (κ2) is 5.19. The molecule has 1 N–H and O–H groups in total. The Morgan fingerprint density at radius 1 is 1.44 bits per heavy atom. The zero-order valence-corrected chi connectivity index (χ0v) is 11.4. The van der Waals surface area contributed by atoms with E-state index in [1.165, 1.54) is 5.56 Å². The normalized spacial score (nSPS) is 20.4. The molecule has 1 fully saturated rings. The average Bonchev–Trinajstić information content (AvgIpc) is 2.73. The van der Waals surface area contributed by atoms with E-state index in [4.69, 9.17) is 4.74 Å². The smallest absolute Gasteiger partial charge is 0.123 e. The zero-order valence-electron chi connectivity index (χ0n) is 9.79. The lowest BCUT2D eigenvalue weighted by molar-refractivity contribution is 0.220. The van der Waals surface area contributed by atoms with E-state index in [0.29, 0.717) is 12.0 Å². The van der Waals surface area contributed by atoms with Crippen LogP contribution in [0.3, 0.4) is 0 Å². The molecule has 0 amide bonds. The third-order valence-electron chi connectivity index (χ3n) is 2.90. The Morgan fingerprint density at radius 3 is 2.88 bits per heavy atom. The second-order valence-electron chi connectivity index (χ2n) is 4.57. The van der Waals surface area contributed by atoms with Gasteiger partial charge >= 0.3 is 0 Å². The zero-order chi connectivity index (χ0) is 11.5. The fourth-order valence-corrected chi connectivity index (χ4v) is 2.36. The van der Waals surface area contributed by atoms with Gasteiger partial charge in [0, 0.05) is 11.0 Å². The molecule has 2 rings (SSSR count). The maximum atomic E-state index is 6.04. The standard InChI is InChI=1S/C13H18BrNO/c1-9(2)12-7-10(14)3-4-13(12)16-11-5-6-15-8-11/h3-4,7,9,11,15H,5-6,8H2,1-2H3/t11-/m1/s1. The van der Waals surface area contributed by atoms with Crippen LogP contribution in [0.4, 0.5) is 0 Å². The number of hydrogen-bond acceptors (Lipinski definition) is 2. The Morgan fingerprint density at radius 2 is 2.25 bits per heavy atom. The quantitative estimate of drug-likeness (QED) is 0.919. The number of ether oxygens (including phenoxy) is 1. The van der Waals surface area contributed by atoms with Crippen molar-refractivity contribution in [3.05, 3.63) is 28.2 Å². The van der Waals surface area contributed by atoms with Gasteiger partial charge in [0.05, 0.1) is 0 Å². The van der Waals surface area contributed by atoms with Gasteiger partial charge in [-0.2, -0.15) is 0 Å². The fraction of sp³-hybridized carbons (Fsp3) is 0.538. The highest BCUT2D eigenvalue weighted by Crippen LogP contribution is 2.30. The molecule has 1 heterocycles. The van der Waals surface area contributed by atoms with Gasteiger partial charge < -0.3 is 10.1 Å². The van der Waals surface area contributed by atoms with Gasteiger partial charge in [0.25, 0.3) is 0 Å². The maximum Gasteiger partial charge on any atom is 0.123 e. The first-order valence-electron chi connectivity index (χ1n) is 5.83. The van der Waals surface area contributed by atoms with E-state index in [0.717, 1.165) is 29.7 Å². The van der Waals surface area contributed by atoms with Crippen molar-refractivity contribution in [2.45, 2.75) is 32.3 Å². The molecule has 3 heteroatoms. The SMILES string of the molecule is CC(C)c1cc(Br)ccc1O[C@@H]1CCNC1. The van der Waals surface area contributed by atoms with Crippen LogP contribution in [0.2, 0.25) is 0 Å². The van der Waals surface area contributed by atoms with Crippen LogP contribution in [0, 0.1) is 0 Å². The molecule has 1 aliphatic rings. The largest absolute Gasteiger partial charge is 0.489 e. The molecule has 0 saturated carbocycles. The van der Waals surface area contributed by atoms with Gasteiger partial charge in [-0.05, 0) is 42.6 Å². The summed E-state index contributed by atoms with van der Waals surface area (Å²) in [6, 6.07) is 6.27. The molecule has 2 nitrogen and oxygen atoms in total. The van der Waals surface area contributed by atoms with E-state index in [-0.39, 0.29) is 0 Å². The molecule has 1 aromatic rings. The van der Waals surface area contributed by atoms with Gasteiger partial charge in [-0.3, -0.25) is 0 Å². The van der Waals surface area contributed by atoms with E-state index in [9.17, 15) is 0 Å². The molecular formula is C13H18BrNO. The first-order valence-corrected chi connectivity index (χ1v) is 6.63. The molecule has 0 spiro atoms. The maximum absolute atomic E-state index is 6.04. The van der Waals surface area contributed by atoms with Crippen molar-refractivity contribution in [2.75, 3.05) is 13.1 Å². The molecule has 0 radical (unpaired) electrons. The van der Waals surface area contributed by atoms with E-state index < -0.39 is 0 Å². The summed E-state index contributed by atoms with van der Waals surface area (Å²) < 4.78 is 7.16. The number of benzene rings is 1. The summed E-state index contributed by atoms with van der Waals surface area (Å²) in [6.07, 6.45) is 1.44. The molecule has 1 saturated heterocycles. The predicted molar refractivity (Wildman–Crippen MR) is 70.1 cm³/mol. The predicted octanol–water partition coefficient (Wildman–Crippen LogP) is 3.31. The summed E-state index contributed by atoms with van der Waals surface area (Å²) in [4.78, 5) is 0. The summed E-state index contributed by atoms with van der Waals surface area (Å²) in [5.74, 6) is 1.52. The average molecular weight is 284 g/mol. The molecule has 88 valence electrons. The summed E-state index contributed by atoms with van der Waals surface area (Å²) in [5, 5.41) is 3.32. The Labute approximate surface area is 106 Å². The van der Waals surface area contributed by atoms with Crippen LogP contribution >= 0.6 is 15.9 Å². The Balaban J connectivity index is 2.18. The molecule has 0 aliphatic carbocycles. The van der Waals surface area contributed by atoms with Crippen LogP contribution < -0.4 is 10.1 Å². The topological polar surface area (TPSA) is 21.3 Å². The van der Waals surface area contributed by atoms with Gasteiger partial charge in [0.1, 0.15) is 11.9 Å². The highest BCUT2D eigenvalue weighted by Gasteiger charge is 2.18. The Hall–Kier alpha value is -0.540. The molecule has 0 aromatic heterocycles. The van der Waals surface area contributed by atoms with E-state index in [2.05, 4.69) is 47.2 Å². The van der Waals surface area contributed by atoms with E-state index >= 15 is 0 Å². The number of halogens is 1. The molecule has 0 bridgehead atoms. The highest BCUT2D eigenvalue weighted by atomic mass is 79.9. The lowest BCUT2D eigenvalue weighted by Crippen LogP contribution is -2.20. The third-order valence-corrected chi connectivity index (χ3v) is 3.40. The molecule has 1 aliphatic heterocycles. The third kappa shape index (κ3) is 2.77. The van der Waals surface area contributed by atoms with E-state index in [1.807, 2.05) is 6.07 Å². The van der Waals surface area contributed by atoms with Crippen molar-refractivity contribution in [3.8, 4) is 5.75 Å². The van der Waals surface area contributed by atoms with Crippen LogP contribution in [0.25, 0.3) is 0 Å². The van der Waals surface area contributed by atoms with Gasteiger partial charge in [0.15, 0.2) is 0 Å². The van der Waals surface area contributed by atoms with Crippen molar-refractivity contribution in [2.24, 2.45) is 0 Å². The monoisotopic (exact) mass is 283 g/mol. The lowest BCUT2D eigenvalue weighted by Gasteiger charge is -2.18. The minimum Gasteiger partial charge on any atom is -0.489 e. The summed E-state index contributed by atoms with van der Waals surface area (Å²) in [6.45, 7) is 6.43. The number of nitrogens with one attached hydrogen (secondary N) is 1. The number of hydrogen-bond donors (Lipinski definition) is 1. The second-order valence-corrected chi connectivity index (χ2v) is 5.49. The fourth-order valence-electron chi connectivity index (χ4n) is 1.99. The van der Waals surface area contributed by atoms with Crippen LogP contribution in [0.5, 0.6) is 5.75 Å². The van der Waals surface area contributed by atoms with Crippen molar-refractivity contribution in [1.29, 1.82) is 0 Å². The lowest BCUT2D eigenvalue weighted by atomic mass is 10.0. The van der Waals surface area contributed by atoms with Crippen molar-refractivity contribution in [3.63, 3.8) is 0 Å². The molecule has 1 aromatic carbocycles. The van der Waals surface area contributed by atoms with Crippen molar-refractivity contribution in [1.82, 2.24) is 5.32 Å². The highest BCUT2D eigenvalue weighted by molar-refractivity contribution is 9.10. The Kier molecular flexibility index (Phi) is 3.87. The Bertz CT molecular complexity index is 359. The first kappa shape index (κ1) is 11.9. The van der Waals surface area contributed by atoms with Crippen LogP contribution in [-0.4, -0.2) is 19.2 Å². The van der Waals surface area contributed by atoms with Gasteiger partial charge in [-0.1, -0.05) is 29.8 Å². The van der Waals surface area contributed by atoms with Crippen molar-refractivity contribution >= 4 is 15.9 Å². The van der Waals surface area contributed by atoms with Gasteiger partial charge in [-0.25, -0.2) is 0 Å². The van der Waals surface area contributed by atoms with Crippen molar-refractivity contribution < 1.29 is 4.74 Å². The summed E-state index contributed by atoms with van der Waals surface area (Å²) in [5.41, 5.74) is 1.28. The molecule has 0 unspecified atom stereocenters. The molecular weight excluding hydrogens is 266 g/mol. The minimum atomic E-state index is 0.332. The summed E-state index contributed by atoms with van der Waals surface area (Å²) >= 11 is 3.51. The molecule has 16 heavy (non-hydrogen) atoms. The number of rotatable bonds is 3. The minimum absolute atomic E-state index is 0.332. The van der Waals surface area contributed by atoms with Crippen LogP contribution in [0.15, 0.2) is 22.7 Å². The summed E-state index contributed by atoms with van der Waals surface area (Å²) in [7, 11) is 0. The van der Waals surface area contributed by atoms with Crippen LogP contribution in [-0.2, 0) is 0 Å². The van der Waals surface area contributed by atoms with E-state index in [1.54, 1.807) is 0 Å². The van der Waals surface area contributed by atoms with Gasteiger partial charge in [0.2, 0.25) is 0 Å².